The highest BCUT2D eigenvalue weighted by atomic mass is 32.2. The molecule has 6 unspecified atom stereocenters. The fourth-order valence-electron chi connectivity index (χ4n) is 13.9. The van der Waals surface area contributed by atoms with Crippen molar-refractivity contribution in [1.82, 2.24) is 41.3 Å². The Hall–Kier alpha value is -8.35. The van der Waals surface area contributed by atoms with Gasteiger partial charge in [-0.15, -0.1) is 11.8 Å². The summed E-state index contributed by atoms with van der Waals surface area (Å²) >= 11 is 0.797. The Balaban J connectivity index is 1.63. The molecule has 0 aliphatic carbocycles. The number of nitrogens with two attached hydrogens (primary N) is 1. The van der Waals surface area contributed by atoms with Gasteiger partial charge in [-0.25, -0.2) is 9.59 Å². The van der Waals surface area contributed by atoms with Crippen LogP contribution in [-0.4, -0.2) is 215 Å². The molecule has 0 saturated carbocycles. The number of Topliss-reactive ketones (excluding diaryl/α,β-unsaturated/α-hetero) is 4. The zero-order chi connectivity index (χ0) is 82.6. The van der Waals surface area contributed by atoms with E-state index in [1.165, 1.54) is 26.0 Å². The number of benzene rings is 2. The lowest BCUT2D eigenvalue weighted by atomic mass is 9.83. The zero-order valence-electron chi connectivity index (χ0n) is 67.5. The second kappa shape index (κ2) is 49.1. The molecule has 0 radical (unpaired) electrons. The van der Waals surface area contributed by atoms with Crippen LogP contribution in [0.15, 0.2) is 54.6 Å². The molecule has 2 aromatic carbocycles. The number of hydrogen-bond donors (Lipinski definition) is 9. The number of carboxylic acids is 1. The van der Waals surface area contributed by atoms with Crippen LogP contribution < -0.4 is 37.6 Å². The minimum Gasteiger partial charge on any atom is -0.480 e. The number of rotatable bonds is 52. The number of hydrogen-bond acceptors (Lipinski definition) is 19. The monoisotopic (exact) mass is 1560 g/mol. The van der Waals surface area contributed by atoms with Crippen molar-refractivity contribution in [2.45, 2.75) is 240 Å². The highest BCUT2D eigenvalue weighted by Crippen LogP contribution is 2.34. The summed E-state index contributed by atoms with van der Waals surface area (Å²) in [6.07, 6.45) is -0.0657. The van der Waals surface area contributed by atoms with E-state index in [1.54, 1.807) is 82.8 Å². The van der Waals surface area contributed by atoms with Crippen LogP contribution in [0.3, 0.4) is 0 Å². The third kappa shape index (κ3) is 31.8. The number of amides is 10. The Bertz CT molecular complexity index is 3340. The van der Waals surface area contributed by atoms with Crippen LogP contribution in [0, 0.1) is 47.3 Å². The van der Waals surface area contributed by atoms with Gasteiger partial charge in [-0.1, -0.05) is 131 Å². The van der Waals surface area contributed by atoms with Gasteiger partial charge in [-0.05, 0) is 98.3 Å². The first kappa shape index (κ1) is 95.9. The molecule has 1 heterocycles. The fourth-order valence-corrected chi connectivity index (χ4v) is 15.0. The van der Waals surface area contributed by atoms with E-state index in [9.17, 15) is 77.3 Å². The topological polar surface area (TPSA) is 415 Å². The lowest BCUT2D eigenvalue weighted by Crippen LogP contribution is -2.54. The van der Waals surface area contributed by atoms with E-state index in [1.807, 2.05) is 71.9 Å². The van der Waals surface area contributed by atoms with Crippen molar-refractivity contribution < 1.29 is 91.5 Å². The minimum atomic E-state index is -1.30. The lowest BCUT2D eigenvalue weighted by Gasteiger charge is -2.41. The fraction of sp³-hybridized carbons (Fsp3) is 0.675. The van der Waals surface area contributed by atoms with E-state index in [0.29, 0.717) is 56.3 Å². The molecule has 110 heavy (non-hydrogen) atoms. The Morgan fingerprint density at radius 2 is 1.33 bits per heavy atom. The Morgan fingerprint density at radius 3 is 1.90 bits per heavy atom. The van der Waals surface area contributed by atoms with Crippen molar-refractivity contribution in [1.29, 1.82) is 0 Å². The number of unbranched alkanes of at least 4 members (excludes halogenated alkanes) is 2. The molecule has 10 amide bonds. The molecular weight excluding hydrogens is 1440 g/mol. The second-order valence-corrected chi connectivity index (χ2v) is 31.4. The molecule has 2 aromatic rings. The number of nitrogens with one attached hydrogen (secondary N) is 6. The summed E-state index contributed by atoms with van der Waals surface area (Å²) in [6.45, 7) is 21.5. The maximum Gasteiger partial charge on any atom is 0.410 e. The van der Waals surface area contributed by atoms with Crippen LogP contribution in [0.2, 0.25) is 0 Å². The molecule has 14 atom stereocenters. The smallest absolute Gasteiger partial charge is 0.410 e. The van der Waals surface area contributed by atoms with Crippen molar-refractivity contribution in [2.24, 2.45) is 53.1 Å². The maximum absolute atomic E-state index is 14.9. The summed E-state index contributed by atoms with van der Waals surface area (Å²) in [6, 6.07) is 10.8. The first-order chi connectivity index (χ1) is 51.9. The summed E-state index contributed by atoms with van der Waals surface area (Å²) in [7, 11) is 6.20. The number of anilines is 1. The van der Waals surface area contributed by atoms with Crippen LogP contribution in [0.4, 0.5) is 15.3 Å². The SMILES string of the molecule is CCC(=O)NC(CSC(CC(=O)NCCCCCC(=O)N[C@H](C(=O)CC(CCCNC(N)=O)C(=O)Nc1ccc(COC(=O)N(C)[C@@H](C(=O)CC(C(=O)N(C)C([C@@H](C)CC)[C@@H](CC(=O)N2CCC[C@H]2C(OC)[C@@H](C)C(=O)C[C@H](C)[C@@H](O)c2ccccc2)OC)C(C)C)C(C)C)cc1)C(C)C)C(=O)O)C(=O)NCC(C)=O. The van der Waals surface area contributed by atoms with Gasteiger partial charge < -0.3 is 76.8 Å². The number of carbonyl (C=O) groups is 14. The van der Waals surface area contributed by atoms with E-state index < -0.39 is 137 Å². The van der Waals surface area contributed by atoms with Crippen molar-refractivity contribution in [3.05, 3.63) is 65.7 Å². The zero-order valence-corrected chi connectivity index (χ0v) is 68.3. The van der Waals surface area contributed by atoms with Gasteiger partial charge in [0.05, 0.1) is 55.4 Å². The predicted octanol–water partition coefficient (Wildman–Crippen LogP) is 7.72. The Kier molecular flexibility index (Phi) is 42.8. The van der Waals surface area contributed by atoms with Gasteiger partial charge in [0.25, 0.3) is 0 Å². The summed E-state index contributed by atoms with van der Waals surface area (Å²) in [5.74, 6) is -9.70. The van der Waals surface area contributed by atoms with E-state index in [2.05, 4.69) is 31.9 Å². The van der Waals surface area contributed by atoms with E-state index in [4.69, 9.17) is 19.9 Å². The number of aliphatic carboxylic acids is 1. The first-order valence-electron chi connectivity index (χ1n) is 38.7. The Morgan fingerprint density at radius 1 is 0.673 bits per heavy atom. The maximum atomic E-state index is 14.9. The number of likely N-dealkylation sites (N-methyl/N-ethyl adjacent to an activating group) is 2. The second-order valence-electron chi connectivity index (χ2n) is 30.2. The number of likely N-dealkylation sites (tertiary alicyclic amines) is 1. The van der Waals surface area contributed by atoms with Gasteiger partial charge in [0.1, 0.15) is 29.5 Å². The summed E-state index contributed by atoms with van der Waals surface area (Å²) in [5.41, 5.74) is 6.89. The number of ether oxygens (including phenoxy) is 3. The van der Waals surface area contributed by atoms with E-state index in [-0.39, 0.29) is 136 Å². The van der Waals surface area contributed by atoms with Crippen molar-refractivity contribution in [2.75, 3.05) is 65.6 Å². The van der Waals surface area contributed by atoms with Crippen LogP contribution >= 0.6 is 11.8 Å². The highest BCUT2D eigenvalue weighted by molar-refractivity contribution is 8.00. The molecule has 10 N–H and O–H groups in total. The number of aliphatic hydroxyl groups is 1. The first-order valence-corrected chi connectivity index (χ1v) is 39.7. The summed E-state index contributed by atoms with van der Waals surface area (Å²) in [5, 5.41) is 35.3. The van der Waals surface area contributed by atoms with E-state index >= 15 is 0 Å². The molecule has 0 spiro atoms. The van der Waals surface area contributed by atoms with Gasteiger partial charge in [-0.3, -0.25) is 57.5 Å². The Labute approximate surface area is 654 Å². The predicted molar refractivity (Wildman–Crippen MR) is 419 cm³/mol. The molecule has 3 rings (SSSR count). The quantitative estimate of drug-likeness (QED) is 0.0286. The normalized spacial score (nSPS) is 16.4. The van der Waals surface area contributed by atoms with Gasteiger partial charge in [0, 0.05) is 116 Å². The number of urea groups is 1. The number of methoxy groups -OCH3 is 2. The van der Waals surface area contributed by atoms with Crippen LogP contribution in [0.1, 0.15) is 197 Å². The number of nitrogens with zero attached hydrogens (tertiary/aromatic N) is 3. The summed E-state index contributed by atoms with van der Waals surface area (Å²) in [4.78, 5) is 190. The van der Waals surface area contributed by atoms with Crippen LogP contribution in [0.5, 0.6) is 0 Å². The van der Waals surface area contributed by atoms with Crippen LogP contribution in [0.25, 0.3) is 0 Å². The number of aliphatic hydroxyl groups excluding tert-OH is 1. The average Bonchev–Trinajstić information content (AvgIpc) is 1.41. The third-order valence-corrected chi connectivity index (χ3v) is 21.8. The number of thioether (sulfide) groups is 1. The molecule has 616 valence electrons. The van der Waals surface area contributed by atoms with Crippen molar-refractivity contribution >= 4 is 100 Å². The van der Waals surface area contributed by atoms with Gasteiger partial charge >= 0.3 is 18.1 Å². The van der Waals surface area contributed by atoms with Gasteiger partial charge in [0.2, 0.25) is 41.4 Å². The third-order valence-electron chi connectivity index (χ3n) is 20.5. The summed E-state index contributed by atoms with van der Waals surface area (Å²) < 4.78 is 17.9. The van der Waals surface area contributed by atoms with Gasteiger partial charge in [0.15, 0.2) is 11.6 Å². The molecule has 29 nitrogen and oxygen atoms in total. The number of primary amides is 1. The molecule has 1 aliphatic rings. The molecule has 1 fully saturated rings. The molecule has 1 aliphatic heterocycles. The van der Waals surface area contributed by atoms with Gasteiger partial charge in [-0.2, -0.15) is 0 Å². The highest BCUT2D eigenvalue weighted by Gasteiger charge is 2.44. The van der Waals surface area contributed by atoms with Crippen LogP contribution in [-0.2, 0) is 78.4 Å². The number of carbonyl (C=O) groups excluding carboxylic acids is 13. The van der Waals surface area contributed by atoms with E-state index in [0.717, 1.165) is 17.3 Å². The molecule has 0 aromatic heterocycles. The molecule has 0 bridgehead atoms. The minimum absolute atomic E-state index is 0.0350. The lowest BCUT2D eigenvalue weighted by molar-refractivity contribution is -0.149. The van der Waals surface area contributed by atoms with Crippen molar-refractivity contribution in [3.63, 3.8) is 0 Å². The average molecular weight is 1560 g/mol. The standard InChI is InChI=1S/C80H126N10O19S/c1-17-50(9)72(64(107-15)42-69(98)90-38-26-30-60(90)74(108-16)53(12)61(92)39-51(10)73(99)55-27-21-19-22-28-55)88(13)77(102)58(47(3)4)41-63(94)71(49(7)8)89(14)80(106)109-45-54-32-34-57(35-33-54)85-75(100)56(29-25-37-83-79(81)105)40-62(93)70(48(5)6)87-67(96)31-23-20-24-36-82-68(97)43-65(78(103)104)110-46-59(86-66(95)18-2)76(101)84-44-52(11)91/h19,21-22,27-28,32-35,47-51,53,56,58-60,64-65,70-74,99H,17-18,20,23-26,29-31,36-46H2,1-16H3,(H,82,97)(H,84,101)(H,85,100)(H,86,95)(H,87,96)(H,103,104)(H3,81,83,105)/t50-,51-,53-,56?,58?,59?,60-,64+,65?,70-,71+,72?,73+,74?/m0/s1. The molecular formula is C80H126N10O19S. The molecule has 30 heteroatoms. The number of carboxylic acid groups (broad SMARTS) is 1. The largest absolute Gasteiger partial charge is 0.480 e. The number of ketones is 4. The molecule has 1 saturated heterocycles. The van der Waals surface area contributed by atoms with Crippen molar-refractivity contribution in [3.8, 4) is 0 Å².